The van der Waals surface area contributed by atoms with Gasteiger partial charge in [-0.1, -0.05) is 74.7 Å². The zero-order chi connectivity index (χ0) is 15.0. The van der Waals surface area contributed by atoms with Crippen LogP contribution in [0.1, 0.15) is 52.5 Å². The molecule has 0 aromatic heterocycles. The van der Waals surface area contributed by atoms with Crippen molar-refractivity contribution in [2.75, 3.05) is 6.54 Å². The van der Waals surface area contributed by atoms with Crippen LogP contribution in [-0.4, -0.2) is 12.6 Å². The fourth-order valence-corrected chi connectivity index (χ4v) is 3.24. The quantitative estimate of drug-likeness (QED) is 0.632. The van der Waals surface area contributed by atoms with Crippen LogP contribution >= 0.6 is 15.9 Å². The Labute approximate surface area is 133 Å². The van der Waals surface area contributed by atoms with Gasteiger partial charge in [0.05, 0.1) is 0 Å². The third-order valence-electron chi connectivity index (χ3n) is 3.80. The topological polar surface area (TPSA) is 12.0 Å². The first-order valence-corrected chi connectivity index (χ1v) is 8.79. The SMILES string of the molecule is CCCC(C)CC(CNC(C)C)Cc1ccccc1Br. The molecule has 0 bridgehead atoms. The third-order valence-corrected chi connectivity index (χ3v) is 4.57. The number of nitrogens with one attached hydrogen (secondary N) is 1. The summed E-state index contributed by atoms with van der Waals surface area (Å²) in [5, 5.41) is 3.62. The summed E-state index contributed by atoms with van der Waals surface area (Å²) in [5.41, 5.74) is 1.44. The maximum Gasteiger partial charge on any atom is 0.0207 e. The molecule has 0 aliphatic rings. The molecule has 1 aromatic rings. The molecule has 1 N–H and O–H groups in total. The summed E-state index contributed by atoms with van der Waals surface area (Å²) >= 11 is 3.68. The summed E-state index contributed by atoms with van der Waals surface area (Å²) < 4.78 is 1.25. The fraction of sp³-hybridized carbons (Fsp3) is 0.667. The van der Waals surface area contributed by atoms with Crippen molar-refractivity contribution in [1.82, 2.24) is 5.32 Å². The average Bonchev–Trinajstić information content (AvgIpc) is 2.38. The molecule has 20 heavy (non-hydrogen) atoms. The van der Waals surface area contributed by atoms with E-state index in [1.807, 2.05) is 0 Å². The molecule has 0 aliphatic carbocycles. The number of hydrogen-bond acceptors (Lipinski definition) is 1. The van der Waals surface area contributed by atoms with Crippen molar-refractivity contribution in [2.24, 2.45) is 11.8 Å². The van der Waals surface area contributed by atoms with Gasteiger partial charge in [0.2, 0.25) is 0 Å². The highest BCUT2D eigenvalue weighted by Gasteiger charge is 2.15. The molecular formula is C18H30BrN. The van der Waals surface area contributed by atoms with Crippen molar-refractivity contribution in [3.05, 3.63) is 34.3 Å². The molecule has 2 atom stereocenters. The van der Waals surface area contributed by atoms with Gasteiger partial charge >= 0.3 is 0 Å². The smallest absolute Gasteiger partial charge is 0.0207 e. The largest absolute Gasteiger partial charge is 0.314 e. The van der Waals surface area contributed by atoms with Crippen molar-refractivity contribution >= 4 is 15.9 Å². The monoisotopic (exact) mass is 339 g/mol. The molecule has 1 nitrogen and oxygen atoms in total. The van der Waals surface area contributed by atoms with Crippen LogP contribution in [0.4, 0.5) is 0 Å². The van der Waals surface area contributed by atoms with Gasteiger partial charge in [-0.15, -0.1) is 0 Å². The van der Waals surface area contributed by atoms with Crippen LogP contribution in [0.5, 0.6) is 0 Å². The van der Waals surface area contributed by atoms with E-state index in [-0.39, 0.29) is 0 Å². The fourth-order valence-electron chi connectivity index (χ4n) is 2.80. The predicted molar refractivity (Wildman–Crippen MR) is 93.2 cm³/mol. The van der Waals surface area contributed by atoms with Gasteiger partial charge in [-0.2, -0.15) is 0 Å². The van der Waals surface area contributed by atoms with E-state index in [4.69, 9.17) is 0 Å². The molecule has 1 aromatic carbocycles. The normalized spacial score (nSPS) is 14.5. The molecule has 2 unspecified atom stereocenters. The molecule has 2 heteroatoms. The van der Waals surface area contributed by atoms with Gasteiger partial charge in [0.25, 0.3) is 0 Å². The van der Waals surface area contributed by atoms with Crippen LogP contribution in [0.3, 0.4) is 0 Å². The first-order valence-electron chi connectivity index (χ1n) is 7.99. The Bertz CT molecular complexity index is 375. The first kappa shape index (κ1) is 17.7. The lowest BCUT2D eigenvalue weighted by Gasteiger charge is -2.23. The van der Waals surface area contributed by atoms with E-state index >= 15 is 0 Å². The number of halogens is 1. The Kier molecular flexibility index (Phi) is 8.47. The van der Waals surface area contributed by atoms with Gasteiger partial charge in [0, 0.05) is 10.5 Å². The molecule has 0 heterocycles. The highest BCUT2D eigenvalue weighted by molar-refractivity contribution is 9.10. The molecular weight excluding hydrogens is 310 g/mol. The van der Waals surface area contributed by atoms with Gasteiger partial charge in [-0.05, 0) is 42.9 Å². The van der Waals surface area contributed by atoms with Crippen LogP contribution in [-0.2, 0) is 6.42 Å². The molecule has 0 saturated carbocycles. The molecule has 114 valence electrons. The highest BCUT2D eigenvalue weighted by atomic mass is 79.9. The second-order valence-corrected chi connectivity index (χ2v) is 7.21. The summed E-state index contributed by atoms with van der Waals surface area (Å²) in [6, 6.07) is 9.20. The zero-order valence-electron chi connectivity index (χ0n) is 13.5. The maximum absolute atomic E-state index is 3.68. The maximum atomic E-state index is 3.68. The number of rotatable bonds is 9. The Morgan fingerprint density at radius 1 is 1.15 bits per heavy atom. The van der Waals surface area contributed by atoms with E-state index in [1.165, 1.54) is 29.3 Å². The molecule has 0 amide bonds. The van der Waals surface area contributed by atoms with Crippen LogP contribution in [0, 0.1) is 11.8 Å². The summed E-state index contributed by atoms with van der Waals surface area (Å²) in [7, 11) is 0. The van der Waals surface area contributed by atoms with Crippen LogP contribution in [0.25, 0.3) is 0 Å². The van der Waals surface area contributed by atoms with E-state index in [0.29, 0.717) is 6.04 Å². The van der Waals surface area contributed by atoms with Gasteiger partial charge in [0.15, 0.2) is 0 Å². The van der Waals surface area contributed by atoms with Gasteiger partial charge in [0.1, 0.15) is 0 Å². The predicted octanol–water partition coefficient (Wildman–Crippen LogP) is 5.43. The highest BCUT2D eigenvalue weighted by Crippen LogP contribution is 2.24. The molecule has 0 spiro atoms. The minimum atomic E-state index is 0.568. The van der Waals surface area contributed by atoms with Gasteiger partial charge in [-0.3, -0.25) is 0 Å². The summed E-state index contributed by atoms with van der Waals surface area (Å²) in [6.07, 6.45) is 5.11. The third kappa shape index (κ3) is 6.90. The minimum absolute atomic E-state index is 0.568. The Morgan fingerprint density at radius 2 is 1.85 bits per heavy atom. The van der Waals surface area contributed by atoms with Crippen molar-refractivity contribution in [2.45, 2.75) is 59.4 Å². The molecule has 0 saturated heterocycles. The summed E-state index contributed by atoms with van der Waals surface area (Å²) in [6.45, 7) is 10.3. The van der Waals surface area contributed by atoms with E-state index in [0.717, 1.165) is 24.8 Å². The van der Waals surface area contributed by atoms with E-state index < -0.39 is 0 Å². The standard InChI is InChI=1S/C18H30BrN/c1-5-8-15(4)11-16(13-20-14(2)3)12-17-9-6-7-10-18(17)19/h6-7,9-10,14-16,20H,5,8,11-13H2,1-4H3. The second kappa shape index (κ2) is 9.57. The Balaban J connectivity index is 2.64. The summed E-state index contributed by atoms with van der Waals surface area (Å²) in [5.74, 6) is 1.54. The molecule has 0 fully saturated rings. The number of benzene rings is 1. The minimum Gasteiger partial charge on any atom is -0.314 e. The van der Waals surface area contributed by atoms with Crippen molar-refractivity contribution in [3.8, 4) is 0 Å². The van der Waals surface area contributed by atoms with Crippen LogP contribution in [0.15, 0.2) is 28.7 Å². The lowest BCUT2D eigenvalue weighted by molar-refractivity contribution is 0.345. The lowest BCUT2D eigenvalue weighted by Crippen LogP contribution is -2.31. The van der Waals surface area contributed by atoms with Gasteiger partial charge in [-0.25, -0.2) is 0 Å². The Morgan fingerprint density at radius 3 is 2.45 bits per heavy atom. The lowest BCUT2D eigenvalue weighted by atomic mass is 9.88. The van der Waals surface area contributed by atoms with Crippen molar-refractivity contribution in [3.63, 3.8) is 0 Å². The average molecular weight is 340 g/mol. The van der Waals surface area contributed by atoms with Crippen molar-refractivity contribution < 1.29 is 0 Å². The number of hydrogen-bond donors (Lipinski definition) is 1. The zero-order valence-corrected chi connectivity index (χ0v) is 15.0. The first-order chi connectivity index (χ1) is 9.52. The molecule has 0 aliphatic heterocycles. The Hall–Kier alpha value is -0.340. The van der Waals surface area contributed by atoms with E-state index in [2.05, 4.69) is 73.2 Å². The van der Waals surface area contributed by atoms with Crippen LogP contribution in [0.2, 0.25) is 0 Å². The van der Waals surface area contributed by atoms with Gasteiger partial charge < -0.3 is 5.32 Å². The van der Waals surface area contributed by atoms with Crippen LogP contribution < -0.4 is 5.32 Å². The second-order valence-electron chi connectivity index (χ2n) is 6.35. The van der Waals surface area contributed by atoms with Crippen molar-refractivity contribution in [1.29, 1.82) is 0 Å². The molecule has 1 rings (SSSR count). The van der Waals surface area contributed by atoms with E-state index in [9.17, 15) is 0 Å². The van der Waals surface area contributed by atoms with E-state index in [1.54, 1.807) is 0 Å². The molecule has 0 radical (unpaired) electrons. The summed E-state index contributed by atoms with van der Waals surface area (Å²) in [4.78, 5) is 0.